The number of hydrogen-bond acceptors (Lipinski definition) is 4. The zero-order valence-corrected chi connectivity index (χ0v) is 12.2. The van der Waals surface area contributed by atoms with Crippen molar-refractivity contribution in [1.29, 1.82) is 0 Å². The summed E-state index contributed by atoms with van der Waals surface area (Å²) in [6.07, 6.45) is 7.35. The Morgan fingerprint density at radius 2 is 1.83 bits per heavy atom. The van der Waals surface area contributed by atoms with Crippen LogP contribution >= 0.6 is 0 Å². The Kier molecular flexibility index (Phi) is 5.04. The summed E-state index contributed by atoms with van der Waals surface area (Å²) < 4.78 is 22.1. The molecule has 106 valence electrons. The highest BCUT2D eigenvalue weighted by atomic mass is 32.2. The van der Waals surface area contributed by atoms with Gasteiger partial charge in [-0.2, -0.15) is 0 Å². The van der Waals surface area contributed by atoms with Gasteiger partial charge in [0.2, 0.25) is 0 Å². The van der Waals surface area contributed by atoms with E-state index in [0.29, 0.717) is 11.8 Å². The van der Waals surface area contributed by atoms with Gasteiger partial charge in [0.25, 0.3) is 0 Å². The van der Waals surface area contributed by atoms with E-state index in [9.17, 15) is 8.42 Å². The molecule has 0 amide bonds. The second-order valence-corrected chi connectivity index (χ2v) is 8.21. The van der Waals surface area contributed by atoms with Gasteiger partial charge in [-0.1, -0.05) is 0 Å². The van der Waals surface area contributed by atoms with Crippen LogP contribution in [0.1, 0.15) is 32.1 Å². The molecule has 2 fully saturated rings. The molecule has 2 rings (SSSR count). The summed E-state index contributed by atoms with van der Waals surface area (Å²) in [5.41, 5.74) is 0. The number of sulfone groups is 1. The molecule has 5 heteroatoms. The maximum atomic E-state index is 11.1. The number of hydrogen-bond donors (Lipinski definition) is 1. The quantitative estimate of drug-likeness (QED) is 0.749. The van der Waals surface area contributed by atoms with Crippen molar-refractivity contribution in [3.05, 3.63) is 0 Å². The molecule has 1 N–H and O–H groups in total. The fraction of sp³-hybridized carbons (Fsp3) is 1.00. The van der Waals surface area contributed by atoms with Crippen molar-refractivity contribution in [1.82, 2.24) is 10.2 Å². The van der Waals surface area contributed by atoms with Crippen LogP contribution in [0.5, 0.6) is 0 Å². The van der Waals surface area contributed by atoms with Crippen molar-refractivity contribution in [3.63, 3.8) is 0 Å². The van der Waals surface area contributed by atoms with Gasteiger partial charge in [0.1, 0.15) is 9.84 Å². The molecule has 1 saturated heterocycles. The van der Waals surface area contributed by atoms with Crippen LogP contribution < -0.4 is 5.32 Å². The first-order valence-electron chi connectivity index (χ1n) is 7.16. The van der Waals surface area contributed by atoms with Crippen molar-refractivity contribution < 1.29 is 8.42 Å². The zero-order valence-electron chi connectivity index (χ0n) is 11.4. The summed E-state index contributed by atoms with van der Waals surface area (Å²) in [5, 5.41) is 3.66. The van der Waals surface area contributed by atoms with Crippen molar-refractivity contribution in [3.8, 4) is 0 Å². The van der Waals surface area contributed by atoms with Crippen LogP contribution in [-0.4, -0.2) is 57.5 Å². The minimum atomic E-state index is -2.79. The molecule has 0 aromatic rings. The molecule has 0 spiro atoms. The standard InChI is InChI=1S/C13H26N2O2S/c1-18(16,17)10-2-7-15-8-5-13(6-9-15)14-11-12-3-4-12/h12-14H,2-11H2,1H3. The summed E-state index contributed by atoms with van der Waals surface area (Å²) in [4.78, 5) is 2.40. The molecule has 0 atom stereocenters. The van der Waals surface area contributed by atoms with Crippen LogP contribution in [-0.2, 0) is 9.84 Å². The summed E-state index contributed by atoms with van der Waals surface area (Å²) in [7, 11) is -2.79. The number of likely N-dealkylation sites (tertiary alicyclic amines) is 1. The lowest BCUT2D eigenvalue weighted by Crippen LogP contribution is -2.43. The molecular weight excluding hydrogens is 248 g/mol. The zero-order chi connectivity index (χ0) is 13.0. The van der Waals surface area contributed by atoms with E-state index in [4.69, 9.17) is 0 Å². The van der Waals surface area contributed by atoms with E-state index in [-0.39, 0.29) is 0 Å². The normalized spacial score (nSPS) is 23.4. The van der Waals surface area contributed by atoms with Crippen LogP contribution in [0.25, 0.3) is 0 Å². The molecule has 1 saturated carbocycles. The molecular formula is C13H26N2O2S. The van der Waals surface area contributed by atoms with Crippen LogP contribution in [0.15, 0.2) is 0 Å². The molecule has 0 unspecified atom stereocenters. The second-order valence-electron chi connectivity index (χ2n) is 5.95. The van der Waals surface area contributed by atoms with E-state index in [0.717, 1.165) is 32.0 Å². The first-order chi connectivity index (χ1) is 8.53. The summed E-state index contributed by atoms with van der Waals surface area (Å²) >= 11 is 0. The number of nitrogens with one attached hydrogen (secondary N) is 1. The first-order valence-corrected chi connectivity index (χ1v) is 9.22. The van der Waals surface area contributed by atoms with Gasteiger partial charge in [0, 0.05) is 12.3 Å². The van der Waals surface area contributed by atoms with Gasteiger partial charge in [-0.3, -0.25) is 0 Å². The Labute approximate surface area is 111 Å². The predicted molar refractivity (Wildman–Crippen MR) is 74.5 cm³/mol. The van der Waals surface area contributed by atoms with Gasteiger partial charge < -0.3 is 10.2 Å². The number of rotatable bonds is 7. The number of piperidine rings is 1. The molecule has 0 radical (unpaired) electrons. The highest BCUT2D eigenvalue weighted by Gasteiger charge is 2.24. The smallest absolute Gasteiger partial charge is 0.147 e. The first kappa shape index (κ1) is 14.3. The minimum Gasteiger partial charge on any atom is -0.314 e. The van der Waals surface area contributed by atoms with E-state index < -0.39 is 9.84 Å². The Balaban J connectivity index is 1.55. The van der Waals surface area contributed by atoms with Gasteiger partial charge in [-0.05, 0) is 64.2 Å². The van der Waals surface area contributed by atoms with Crippen LogP contribution in [0.2, 0.25) is 0 Å². The Morgan fingerprint density at radius 1 is 1.17 bits per heavy atom. The highest BCUT2D eigenvalue weighted by molar-refractivity contribution is 7.90. The molecule has 18 heavy (non-hydrogen) atoms. The SMILES string of the molecule is CS(=O)(=O)CCCN1CCC(NCC2CC2)CC1. The summed E-state index contributed by atoms with van der Waals surface area (Å²) in [5.74, 6) is 1.28. The van der Waals surface area contributed by atoms with Crippen molar-refractivity contribution in [2.45, 2.75) is 38.1 Å². The Bertz CT molecular complexity index is 344. The Morgan fingerprint density at radius 3 is 2.39 bits per heavy atom. The molecule has 0 aromatic carbocycles. The average molecular weight is 274 g/mol. The van der Waals surface area contributed by atoms with Gasteiger partial charge in [0.05, 0.1) is 5.75 Å². The molecule has 1 heterocycles. The van der Waals surface area contributed by atoms with Crippen LogP contribution in [0.4, 0.5) is 0 Å². The van der Waals surface area contributed by atoms with Gasteiger partial charge in [-0.15, -0.1) is 0 Å². The molecule has 4 nitrogen and oxygen atoms in total. The molecule has 0 aromatic heterocycles. The van der Waals surface area contributed by atoms with Crippen molar-refractivity contribution in [2.75, 3.05) is 38.2 Å². The highest BCUT2D eigenvalue weighted by Crippen LogP contribution is 2.28. The maximum absolute atomic E-state index is 11.1. The van der Waals surface area contributed by atoms with E-state index in [1.165, 1.54) is 38.5 Å². The monoisotopic (exact) mass is 274 g/mol. The second kappa shape index (κ2) is 6.35. The van der Waals surface area contributed by atoms with Crippen LogP contribution in [0, 0.1) is 5.92 Å². The summed E-state index contributed by atoms with van der Waals surface area (Å²) in [6.45, 7) is 4.37. The number of nitrogens with zero attached hydrogens (tertiary/aromatic N) is 1. The molecule has 0 bridgehead atoms. The predicted octanol–water partition coefficient (Wildman–Crippen LogP) is 0.885. The molecule has 1 aliphatic carbocycles. The minimum absolute atomic E-state index is 0.326. The van der Waals surface area contributed by atoms with E-state index >= 15 is 0 Å². The largest absolute Gasteiger partial charge is 0.314 e. The lowest BCUT2D eigenvalue weighted by Gasteiger charge is -2.32. The van der Waals surface area contributed by atoms with Gasteiger partial charge in [-0.25, -0.2) is 8.42 Å². The van der Waals surface area contributed by atoms with Gasteiger partial charge >= 0.3 is 0 Å². The molecule has 1 aliphatic heterocycles. The lowest BCUT2D eigenvalue weighted by molar-refractivity contribution is 0.198. The third-order valence-electron chi connectivity index (χ3n) is 3.97. The summed E-state index contributed by atoms with van der Waals surface area (Å²) in [6, 6.07) is 0.691. The topological polar surface area (TPSA) is 49.4 Å². The van der Waals surface area contributed by atoms with E-state index in [1.807, 2.05) is 0 Å². The van der Waals surface area contributed by atoms with Crippen molar-refractivity contribution in [2.24, 2.45) is 5.92 Å². The Hall–Kier alpha value is -0.130. The van der Waals surface area contributed by atoms with Crippen LogP contribution in [0.3, 0.4) is 0 Å². The third kappa shape index (κ3) is 5.67. The van der Waals surface area contributed by atoms with E-state index in [1.54, 1.807) is 0 Å². The van der Waals surface area contributed by atoms with E-state index in [2.05, 4.69) is 10.2 Å². The van der Waals surface area contributed by atoms with Gasteiger partial charge in [0.15, 0.2) is 0 Å². The average Bonchev–Trinajstić information content (AvgIpc) is 3.10. The fourth-order valence-corrected chi connectivity index (χ4v) is 3.22. The molecule has 2 aliphatic rings. The van der Waals surface area contributed by atoms with Crippen molar-refractivity contribution >= 4 is 9.84 Å². The fourth-order valence-electron chi connectivity index (χ4n) is 2.57. The third-order valence-corrected chi connectivity index (χ3v) is 5.00. The maximum Gasteiger partial charge on any atom is 0.147 e. The lowest BCUT2D eigenvalue weighted by atomic mass is 10.0.